The van der Waals surface area contributed by atoms with Crippen LogP contribution in [-0.4, -0.2) is 29.0 Å². The van der Waals surface area contributed by atoms with Gasteiger partial charge in [-0.2, -0.15) is 0 Å². The van der Waals surface area contributed by atoms with Crippen LogP contribution >= 0.6 is 0 Å². The lowest BCUT2D eigenvalue weighted by Gasteiger charge is -2.20. The van der Waals surface area contributed by atoms with E-state index in [0.717, 1.165) is 23.3 Å². The molecule has 2 aromatic carbocycles. The van der Waals surface area contributed by atoms with Gasteiger partial charge in [0.05, 0.1) is 18.9 Å². The van der Waals surface area contributed by atoms with E-state index >= 15 is 0 Å². The molecule has 0 spiro atoms. The summed E-state index contributed by atoms with van der Waals surface area (Å²) in [6.45, 7) is 3.86. The maximum Gasteiger partial charge on any atom is 0.263 e. The Hall–Kier alpha value is -4.60. The fraction of sp³-hybridized carbons (Fsp3) is 0.233. The molecule has 3 aromatic rings. The number of aliphatic imine (C=N–C) groups is 1. The normalized spacial score (nSPS) is 17.6. The Morgan fingerprint density at radius 2 is 1.93 bits per heavy atom. The molecule has 0 saturated heterocycles. The van der Waals surface area contributed by atoms with Gasteiger partial charge in [0, 0.05) is 24.9 Å². The molecule has 1 amide bonds. The second-order valence-electron chi connectivity index (χ2n) is 9.88. The number of halogens is 3. The van der Waals surface area contributed by atoms with E-state index in [1.54, 1.807) is 18.3 Å². The molecule has 206 valence electrons. The van der Waals surface area contributed by atoms with E-state index in [1.165, 1.54) is 35.2 Å². The summed E-state index contributed by atoms with van der Waals surface area (Å²) in [7, 11) is 0. The van der Waals surface area contributed by atoms with E-state index in [2.05, 4.69) is 15.6 Å². The maximum absolute atomic E-state index is 14.0. The number of benzene rings is 2. The van der Waals surface area contributed by atoms with E-state index < -0.39 is 28.9 Å². The van der Waals surface area contributed by atoms with Crippen LogP contribution in [0.15, 0.2) is 82.6 Å². The SMILES string of the molecule is CC(C)Oc1cc(CNC(=O)c2cccn(Cc3ccc(F)c(F)c3)c2=O)cc(C2=CNC3N=CC(F)=CC23)c1. The summed E-state index contributed by atoms with van der Waals surface area (Å²) in [6, 6.07) is 11.9. The molecule has 0 bridgehead atoms. The van der Waals surface area contributed by atoms with Gasteiger partial charge in [-0.3, -0.25) is 14.6 Å². The van der Waals surface area contributed by atoms with Crippen molar-refractivity contribution < 1.29 is 22.7 Å². The highest BCUT2D eigenvalue weighted by molar-refractivity contribution is 5.93. The van der Waals surface area contributed by atoms with Crippen molar-refractivity contribution in [1.29, 1.82) is 0 Å². The molecule has 3 heterocycles. The van der Waals surface area contributed by atoms with Crippen LogP contribution in [0.2, 0.25) is 0 Å². The van der Waals surface area contributed by atoms with Crippen molar-refractivity contribution >= 4 is 17.7 Å². The first-order valence-electron chi connectivity index (χ1n) is 12.8. The molecule has 7 nitrogen and oxygen atoms in total. The van der Waals surface area contributed by atoms with E-state index in [9.17, 15) is 22.8 Å². The van der Waals surface area contributed by atoms with E-state index in [1.807, 2.05) is 26.0 Å². The van der Waals surface area contributed by atoms with Crippen LogP contribution < -0.4 is 20.9 Å². The molecule has 0 fully saturated rings. The molecular weight excluding hydrogens is 521 g/mol. The number of nitrogens with zero attached hydrogens (tertiary/aromatic N) is 2. The topological polar surface area (TPSA) is 84.7 Å². The van der Waals surface area contributed by atoms with Gasteiger partial charge in [-0.15, -0.1) is 0 Å². The number of ether oxygens (including phenoxy) is 1. The Morgan fingerprint density at radius 3 is 2.70 bits per heavy atom. The van der Waals surface area contributed by atoms with Crippen molar-refractivity contribution in [3.8, 4) is 5.75 Å². The van der Waals surface area contributed by atoms with Gasteiger partial charge in [-0.05, 0) is 84.7 Å². The van der Waals surface area contributed by atoms with E-state index in [0.29, 0.717) is 16.9 Å². The van der Waals surface area contributed by atoms with Crippen molar-refractivity contribution in [2.45, 2.75) is 39.2 Å². The lowest BCUT2D eigenvalue weighted by Crippen LogP contribution is -2.32. The molecule has 40 heavy (non-hydrogen) atoms. The highest BCUT2D eigenvalue weighted by Gasteiger charge is 2.31. The van der Waals surface area contributed by atoms with Crippen molar-refractivity contribution in [2.75, 3.05) is 0 Å². The number of pyridine rings is 1. The summed E-state index contributed by atoms with van der Waals surface area (Å²) < 4.78 is 48.0. The summed E-state index contributed by atoms with van der Waals surface area (Å²) in [6.07, 6.45) is 5.59. The molecule has 2 unspecified atom stereocenters. The fourth-order valence-electron chi connectivity index (χ4n) is 4.72. The molecule has 10 heteroatoms. The minimum absolute atomic E-state index is 0.0283. The van der Waals surface area contributed by atoms with Crippen LogP contribution in [0.3, 0.4) is 0 Å². The van der Waals surface area contributed by atoms with Crippen LogP contribution in [-0.2, 0) is 13.1 Å². The molecule has 0 saturated carbocycles. The van der Waals surface area contributed by atoms with Crippen molar-refractivity contribution in [3.05, 3.63) is 117 Å². The first kappa shape index (κ1) is 27.0. The lowest BCUT2D eigenvalue weighted by molar-refractivity contribution is 0.0948. The predicted octanol–water partition coefficient (Wildman–Crippen LogP) is 4.72. The number of rotatable bonds is 8. The standard InChI is InChI=1S/C30H27F3N4O3/c1-17(2)40-22-9-19(8-20(11-22)25-15-35-28-24(25)12-21(31)14-34-28)13-36-29(38)23-4-3-7-37(30(23)39)16-18-5-6-26(32)27(33)10-18/h3-12,14-15,17,24,28,35H,13,16H2,1-2H3,(H,36,38). The number of carbonyl (C=O) groups is 1. The predicted molar refractivity (Wildman–Crippen MR) is 146 cm³/mol. The van der Waals surface area contributed by atoms with Crippen LogP contribution in [0.1, 0.15) is 40.9 Å². The number of hydrogen-bond acceptors (Lipinski definition) is 5. The Balaban J connectivity index is 1.35. The van der Waals surface area contributed by atoms with Crippen LogP contribution in [0, 0.1) is 17.6 Å². The summed E-state index contributed by atoms with van der Waals surface area (Å²) in [5.41, 5.74) is 2.06. The van der Waals surface area contributed by atoms with Gasteiger partial charge in [0.1, 0.15) is 23.3 Å². The highest BCUT2D eigenvalue weighted by atomic mass is 19.2. The van der Waals surface area contributed by atoms with Crippen molar-refractivity contribution in [1.82, 2.24) is 15.2 Å². The second-order valence-corrected chi connectivity index (χ2v) is 9.88. The summed E-state index contributed by atoms with van der Waals surface area (Å²) in [5, 5.41) is 5.93. The number of nitrogens with one attached hydrogen (secondary N) is 2. The average molecular weight is 549 g/mol. The van der Waals surface area contributed by atoms with E-state index in [-0.39, 0.29) is 36.8 Å². The maximum atomic E-state index is 14.0. The zero-order valence-corrected chi connectivity index (χ0v) is 21.8. The first-order chi connectivity index (χ1) is 19.2. The molecular formula is C30H27F3N4O3. The van der Waals surface area contributed by atoms with Crippen LogP contribution in [0.5, 0.6) is 5.75 Å². The number of dihydropyridines is 1. The monoisotopic (exact) mass is 548 g/mol. The Bertz CT molecular complexity index is 1610. The van der Waals surface area contributed by atoms with Crippen molar-refractivity contribution in [2.24, 2.45) is 10.9 Å². The van der Waals surface area contributed by atoms with Gasteiger partial charge in [0.15, 0.2) is 11.6 Å². The largest absolute Gasteiger partial charge is 0.491 e. The fourth-order valence-corrected chi connectivity index (χ4v) is 4.72. The Kier molecular flexibility index (Phi) is 7.59. The quantitative estimate of drug-likeness (QED) is 0.427. The third-order valence-electron chi connectivity index (χ3n) is 6.53. The zero-order chi connectivity index (χ0) is 28.4. The first-order valence-corrected chi connectivity index (χ1v) is 12.8. The second kappa shape index (κ2) is 11.3. The lowest BCUT2D eigenvalue weighted by atomic mass is 9.90. The van der Waals surface area contributed by atoms with Gasteiger partial charge in [-0.1, -0.05) is 6.07 Å². The van der Waals surface area contributed by atoms with Gasteiger partial charge in [0.25, 0.3) is 11.5 Å². The summed E-state index contributed by atoms with van der Waals surface area (Å²) in [4.78, 5) is 30.2. The minimum atomic E-state index is -1.01. The molecule has 5 rings (SSSR count). The van der Waals surface area contributed by atoms with Gasteiger partial charge < -0.3 is 19.9 Å². The number of fused-ring (bicyclic) bond motifs is 1. The number of aromatic nitrogens is 1. The minimum Gasteiger partial charge on any atom is -0.491 e. The van der Waals surface area contributed by atoms with Crippen molar-refractivity contribution in [3.63, 3.8) is 0 Å². The van der Waals surface area contributed by atoms with Gasteiger partial charge >= 0.3 is 0 Å². The Morgan fingerprint density at radius 1 is 1.10 bits per heavy atom. The molecule has 0 aliphatic carbocycles. The molecule has 2 atom stereocenters. The molecule has 0 radical (unpaired) electrons. The summed E-state index contributed by atoms with van der Waals surface area (Å²) >= 11 is 0. The number of carbonyl (C=O) groups excluding carboxylic acids is 1. The molecule has 2 aliphatic heterocycles. The van der Waals surface area contributed by atoms with E-state index in [4.69, 9.17) is 4.74 Å². The van der Waals surface area contributed by atoms with Gasteiger partial charge in [-0.25, -0.2) is 13.2 Å². The molecule has 2 aliphatic rings. The molecule has 2 N–H and O–H groups in total. The van der Waals surface area contributed by atoms with Gasteiger partial charge in [0.2, 0.25) is 0 Å². The smallest absolute Gasteiger partial charge is 0.263 e. The number of amides is 1. The van der Waals surface area contributed by atoms with Crippen LogP contribution in [0.4, 0.5) is 13.2 Å². The zero-order valence-electron chi connectivity index (χ0n) is 21.8. The third kappa shape index (κ3) is 5.85. The average Bonchev–Trinajstić information content (AvgIpc) is 3.33. The summed E-state index contributed by atoms with van der Waals surface area (Å²) in [5.74, 6) is -2.70. The number of hydrogen-bond donors (Lipinski definition) is 2. The third-order valence-corrected chi connectivity index (χ3v) is 6.53. The number of allylic oxidation sites excluding steroid dienone is 1. The van der Waals surface area contributed by atoms with Crippen LogP contribution in [0.25, 0.3) is 5.57 Å². The Labute approximate surface area is 228 Å². The highest BCUT2D eigenvalue weighted by Crippen LogP contribution is 2.36. The molecule has 1 aromatic heterocycles.